The topological polar surface area (TPSA) is 59.4 Å². The lowest BCUT2D eigenvalue weighted by molar-refractivity contribution is -0.144. The number of para-hydroxylation sites is 1. The second-order valence-electron chi connectivity index (χ2n) is 3.44. The van der Waals surface area contributed by atoms with Crippen molar-refractivity contribution in [3.05, 3.63) is 60.9 Å². The first-order valence-corrected chi connectivity index (χ1v) is 5.49. The van der Waals surface area contributed by atoms with E-state index in [0.29, 0.717) is 5.75 Å². The molecule has 2 rings (SSSR count). The summed E-state index contributed by atoms with van der Waals surface area (Å²) in [5, 5.41) is 8.52. The molecule has 1 aromatic carbocycles. The van der Waals surface area contributed by atoms with Gasteiger partial charge >= 0.3 is 5.97 Å². The summed E-state index contributed by atoms with van der Waals surface area (Å²) in [7, 11) is 0. The highest BCUT2D eigenvalue weighted by atomic mass is 16.5. The van der Waals surface area contributed by atoms with Crippen LogP contribution in [0.4, 0.5) is 0 Å². The molecule has 1 aromatic heterocycles. The van der Waals surface area contributed by atoms with Crippen molar-refractivity contribution < 1.29 is 14.6 Å². The quantitative estimate of drug-likeness (QED) is 0.903. The van der Waals surface area contributed by atoms with Crippen molar-refractivity contribution >= 4 is 5.97 Å². The summed E-state index contributed by atoms with van der Waals surface area (Å²) in [6.07, 6.45) is 2.70. The van der Waals surface area contributed by atoms with Crippen molar-refractivity contribution in [2.45, 2.75) is 13.0 Å². The maximum absolute atomic E-state index is 10.4. The van der Waals surface area contributed by atoms with Crippen LogP contribution in [0.5, 0.6) is 5.75 Å². The fraction of sp³-hybridized carbons (Fsp3) is 0.143. The number of carboxylic acids is 1. The van der Waals surface area contributed by atoms with E-state index in [1.54, 1.807) is 36.7 Å². The van der Waals surface area contributed by atoms with Gasteiger partial charge in [0.2, 0.25) is 0 Å². The number of hydrogen-bond acceptors (Lipinski definition) is 3. The standard InChI is InChI=1S/C9H10O3.C5H5N/c1-7(9(10)11)12-8-5-3-2-4-6-8;1-2-4-6-5-3-1/h2-7H,1H3,(H,10,11);1-5H. The van der Waals surface area contributed by atoms with Crippen LogP contribution < -0.4 is 4.74 Å². The number of aromatic nitrogens is 1. The second-order valence-corrected chi connectivity index (χ2v) is 3.44. The Labute approximate surface area is 106 Å². The van der Waals surface area contributed by atoms with Gasteiger partial charge in [-0.2, -0.15) is 0 Å². The highest BCUT2D eigenvalue weighted by molar-refractivity contribution is 5.72. The monoisotopic (exact) mass is 245 g/mol. The molecule has 0 radical (unpaired) electrons. The third-order valence-corrected chi connectivity index (χ3v) is 1.97. The van der Waals surface area contributed by atoms with Gasteiger partial charge in [0.05, 0.1) is 0 Å². The van der Waals surface area contributed by atoms with Gasteiger partial charge in [-0.25, -0.2) is 4.79 Å². The number of ether oxygens (including phenoxy) is 1. The SMILES string of the molecule is CC(Oc1ccccc1)C(=O)O.c1ccncc1. The molecule has 0 aliphatic heterocycles. The Balaban J connectivity index is 0.000000225. The molecule has 0 aliphatic rings. The summed E-state index contributed by atoms with van der Waals surface area (Å²) < 4.78 is 5.08. The summed E-state index contributed by atoms with van der Waals surface area (Å²) in [5.74, 6) is -0.383. The zero-order chi connectivity index (χ0) is 13.2. The maximum atomic E-state index is 10.4. The number of carbonyl (C=O) groups is 1. The van der Waals surface area contributed by atoms with E-state index < -0.39 is 12.1 Å². The Hall–Kier alpha value is -2.36. The van der Waals surface area contributed by atoms with Crippen molar-refractivity contribution in [1.29, 1.82) is 0 Å². The van der Waals surface area contributed by atoms with Gasteiger partial charge in [-0.3, -0.25) is 4.98 Å². The van der Waals surface area contributed by atoms with Crippen LogP contribution in [0.25, 0.3) is 0 Å². The average Bonchev–Trinajstić information content (AvgIpc) is 2.42. The fourth-order valence-electron chi connectivity index (χ4n) is 1.07. The molecule has 1 heterocycles. The van der Waals surface area contributed by atoms with E-state index in [9.17, 15) is 4.79 Å². The van der Waals surface area contributed by atoms with E-state index in [-0.39, 0.29) is 0 Å². The van der Waals surface area contributed by atoms with Crippen LogP contribution in [0.2, 0.25) is 0 Å². The molecule has 4 heteroatoms. The van der Waals surface area contributed by atoms with Gasteiger partial charge in [0.1, 0.15) is 5.75 Å². The van der Waals surface area contributed by atoms with E-state index in [0.717, 1.165) is 0 Å². The molecule has 2 aromatic rings. The van der Waals surface area contributed by atoms with Crippen molar-refractivity contribution in [1.82, 2.24) is 4.98 Å². The Morgan fingerprint density at radius 3 is 2.06 bits per heavy atom. The molecule has 1 atom stereocenters. The third-order valence-electron chi connectivity index (χ3n) is 1.97. The molecule has 1 N–H and O–H groups in total. The fourth-order valence-corrected chi connectivity index (χ4v) is 1.07. The van der Waals surface area contributed by atoms with E-state index in [2.05, 4.69) is 4.98 Å². The molecule has 18 heavy (non-hydrogen) atoms. The van der Waals surface area contributed by atoms with E-state index >= 15 is 0 Å². The number of pyridine rings is 1. The largest absolute Gasteiger partial charge is 0.479 e. The molecule has 94 valence electrons. The molecular formula is C14H15NO3. The van der Waals surface area contributed by atoms with E-state index in [1.165, 1.54) is 6.92 Å². The lowest BCUT2D eigenvalue weighted by atomic mass is 10.3. The molecule has 4 nitrogen and oxygen atoms in total. The van der Waals surface area contributed by atoms with Crippen LogP contribution in [0.3, 0.4) is 0 Å². The van der Waals surface area contributed by atoms with Gasteiger partial charge in [-0.15, -0.1) is 0 Å². The summed E-state index contributed by atoms with van der Waals surface area (Å²) in [6.45, 7) is 1.50. The zero-order valence-electron chi connectivity index (χ0n) is 10.1. The lowest BCUT2D eigenvalue weighted by Crippen LogP contribution is -2.22. The number of nitrogens with zero attached hydrogens (tertiary/aromatic N) is 1. The third kappa shape index (κ3) is 5.65. The minimum absolute atomic E-state index is 0.576. The van der Waals surface area contributed by atoms with Crippen molar-refractivity contribution in [3.8, 4) is 5.75 Å². The van der Waals surface area contributed by atoms with Gasteiger partial charge in [0, 0.05) is 12.4 Å². The van der Waals surface area contributed by atoms with Crippen LogP contribution in [-0.4, -0.2) is 22.2 Å². The van der Waals surface area contributed by atoms with Gasteiger partial charge in [0.15, 0.2) is 6.10 Å². The first kappa shape index (κ1) is 13.7. The maximum Gasteiger partial charge on any atom is 0.344 e. The Bertz CT molecular complexity index is 418. The number of rotatable bonds is 3. The Morgan fingerprint density at radius 1 is 1.11 bits per heavy atom. The van der Waals surface area contributed by atoms with Crippen LogP contribution in [-0.2, 0) is 4.79 Å². The van der Waals surface area contributed by atoms with Gasteiger partial charge in [-0.1, -0.05) is 24.3 Å². The first-order valence-electron chi connectivity index (χ1n) is 5.49. The molecule has 1 unspecified atom stereocenters. The average molecular weight is 245 g/mol. The number of carboxylic acid groups (broad SMARTS) is 1. The molecule has 0 saturated heterocycles. The highest BCUT2D eigenvalue weighted by Crippen LogP contribution is 2.10. The van der Waals surface area contributed by atoms with Crippen molar-refractivity contribution in [2.75, 3.05) is 0 Å². The molecule has 0 spiro atoms. The molecular weight excluding hydrogens is 230 g/mol. The minimum Gasteiger partial charge on any atom is -0.479 e. The van der Waals surface area contributed by atoms with Gasteiger partial charge in [0.25, 0.3) is 0 Å². The molecule has 0 bridgehead atoms. The first-order chi connectivity index (χ1) is 8.70. The van der Waals surface area contributed by atoms with Crippen molar-refractivity contribution in [3.63, 3.8) is 0 Å². The summed E-state index contributed by atoms with van der Waals surface area (Å²) in [5.41, 5.74) is 0. The van der Waals surface area contributed by atoms with Gasteiger partial charge < -0.3 is 9.84 Å². The molecule has 0 saturated carbocycles. The number of hydrogen-bond donors (Lipinski definition) is 1. The Morgan fingerprint density at radius 2 is 1.67 bits per heavy atom. The van der Waals surface area contributed by atoms with Crippen LogP contribution in [0.15, 0.2) is 60.9 Å². The smallest absolute Gasteiger partial charge is 0.344 e. The predicted octanol–water partition coefficient (Wildman–Crippen LogP) is 2.62. The number of aliphatic carboxylic acids is 1. The lowest BCUT2D eigenvalue weighted by Gasteiger charge is -2.09. The summed E-state index contributed by atoms with van der Waals surface area (Å²) in [4.78, 5) is 14.2. The van der Waals surface area contributed by atoms with Crippen LogP contribution in [0.1, 0.15) is 6.92 Å². The van der Waals surface area contributed by atoms with E-state index in [4.69, 9.17) is 9.84 Å². The summed E-state index contributed by atoms with van der Waals surface area (Å²) in [6, 6.07) is 14.6. The normalized spacial score (nSPS) is 10.7. The van der Waals surface area contributed by atoms with Crippen LogP contribution in [0, 0.1) is 0 Å². The minimum atomic E-state index is -0.959. The number of benzene rings is 1. The van der Waals surface area contributed by atoms with Crippen LogP contribution >= 0.6 is 0 Å². The highest BCUT2D eigenvalue weighted by Gasteiger charge is 2.11. The van der Waals surface area contributed by atoms with E-state index in [1.807, 2.05) is 24.3 Å². The second kappa shape index (κ2) is 7.84. The Kier molecular flexibility index (Phi) is 5.97. The van der Waals surface area contributed by atoms with Gasteiger partial charge in [-0.05, 0) is 31.2 Å². The molecule has 0 fully saturated rings. The zero-order valence-corrected chi connectivity index (χ0v) is 10.1. The predicted molar refractivity (Wildman–Crippen MR) is 68.4 cm³/mol. The summed E-state index contributed by atoms with van der Waals surface area (Å²) >= 11 is 0. The molecule has 0 aliphatic carbocycles. The van der Waals surface area contributed by atoms with Crippen molar-refractivity contribution in [2.24, 2.45) is 0 Å². The molecule has 0 amide bonds.